The molecule has 0 amide bonds. The lowest BCUT2D eigenvalue weighted by Gasteiger charge is -2.44. The van der Waals surface area contributed by atoms with Crippen molar-refractivity contribution in [3.63, 3.8) is 0 Å². The molecule has 1 spiro atoms. The Morgan fingerprint density at radius 2 is 2.29 bits per heavy atom. The predicted molar refractivity (Wildman–Crippen MR) is 85.6 cm³/mol. The van der Waals surface area contributed by atoms with E-state index in [4.69, 9.17) is 4.84 Å². The quantitative estimate of drug-likeness (QED) is 0.836. The van der Waals surface area contributed by atoms with Gasteiger partial charge < -0.3 is 0 Å². The molecule has 0 aromatic carbocycles. The molecule has 3 rings (SSSR count). The second-order valence-electron chi connectivity index (χ2n) is 7.08. The van der Waals surface area contributed by atoms with Crippen molar-refractivity contribution in [2.45, 2.75) is 32.3 Å². The number of allylic oxidation sites excluding steroid dienone is 1. The predicted octanol–water partition coefficient (Wildman–Crippen LogP) is 1.99. The van der Waals surface area contributed by atoms with Crippen LogP contribution in [0.4, 0.5) is 0 Å². The van der Waals surface area contributed by atoms with Gasteiger partial charge in [-0.2, -0.15) is 5.26 Å². The van der Waals surface area contributed by atoms with Crippen LogP contribution in [0.25, 0.3) is 0 Å². The van der Waals surface area contributed by atoms with Crippen LogP contribution >= 0.6 is 0 Å². The molecular formula is C18H19N3O3. The topological polar surface area (TPSA) is 92.1 Å². The van der Waals surface area contributed by atoms with Crippen LogP contribution in [0.1, 0.15) is 37.0 Å². The van der Waals surface area contributed by atoms with Gasteiger partial charge in [-0.3, -0.25) is 19.4 Å². The Bertz CT molecular complexity index is 749. The molecule has 2 atom stereocenters. The number of pyridine rings is 1. The number of carbonyl (C=O) groups is 2. The Morgan fingerprint density at radius 1 is 1.50 bits per heavy atom. The van der Waals surface area contributed by atoms with E-state index in [9.17, 15) is 14.9 Å². The van der Waals surface area contributed by atoms with E-state index < -0.39 is 11.0 Å². The lowest BCUT2D eigenvalue weighted by molar-refractivity contribution is -0.150. The van der Waals surface area contributed by atoms with Crippen LogP contribution in [0, 0.1) is 22.7 Å². The van der Waals surface area contributed by atoms with E-state index in [2.05, 4.69) is 10.5 Å². The van der Waals surface area contributed by atoms with Crippen molar-refractivity contribution in [1.29, 1.82) is 5.26 Å². The summed E-state index contributed by atoms with van der Waals surface area (Å²) in [6, 6.07) is 5.43. The maximum atomic E-state index is 12.7. The van der Waals surface area contributed by atoms with Crippen molar-refractivity contribution in [1.82, 2.24) is 10.5 Å². The molecule has 1 saturated heterocycles. The minimum Gasteiger partial charge on any atom is -0.294 e. The second-order valence-corrected chi connectivity index (χ2v) is 7.08. The number of nitriles is 1. The third-order valence-electron chi connectivity index (χ3n) is 4.64. The smallest absolute Gasteiger partial charge is 0.178 e. The summed E-state index contributed by atoms with van der Waals surface area (Å²) in [5, 5.41) is 9.27. The van der Waals surface area contributed by atoms with E-state index in [0.29, 0.717) is 24.9 Å². The minimum absolute atomic E-state index is 0.0140. The molecule has 6 nitrogen and oxygen atoms in total. The Labute approximate surface area is 140 Å². The highest BCUT2D eigenvalue weighted by Crippen LogP contribution is 2.43. The lowest BCUT2D eigenvalue weighted by atomic mass is 9.67. The van der Waals surface area contributed by atoms with Crippen molar-refractivity contribution in [3.8, 4) is 6.07 Å². The number of rotatable bonds is 2. The monoisotopic (exact) mass is 325 g/mol. The van der Waals surface area contributed by atoms with Gasteiger partial charge in [-0.05, 0) is 31.1 Å². The molecule has 2 unspecified atom stereocenters. The number of hydroxylamine groups is 1. The van der Waals surface area contributed by atoms with Gasteiger partial charge in [-0.1, -0.05) is 13.8 Å². The Morgan fingerprint density at radius 3 is 2.96 bits per heavy atom. The molecule has 1 aliphatic heterocycles. The lowest BCUT2D eigenvalue weighted by Crippen LogP contribution is -2.53. The number of nitrogens with one attached hydrogen (secondary N) is 1. The molecule has 1 aliphatic carbocycles. The zero-order valence-electron chi connectivity index (χ0n) is 13.7. The van der Waals surface area contributed by atoms with Crippen LogP contribution in [0.15, 0.2) is 36.2 Å². The molecule has 0 saturated carbocycles. The standard InChI is InChI=1S/C18H19N3O3/c1-17(2)11-18(6-13(8-19)16(17)23)7-14(10-21-24-18)15(22)12-4-3-5-20-9-12/h3-6,9,14,21H,7,10-11H2,1-2H3. The zero-order chi connectivity index (χ0) is 17.4. The number of nitrogens with zero attached hydrogens (tertiary/aromatic N) is 2. The molecule has 124 valence electrons. The van der Waals surface area contributed by atoms with Crippen LogP contribution < -0.4 is 5.48 Å². The molecule has 1 aromatic heterocycles. The van der Waals surface area contributed by atoms with Crippen LogP contribution in [0.5, 0.6) is 0 Å². The number of aromatic nitrogens is 1. The number of hydrogen-bond acceptors (Lipinski definition) is 6. The van der Waals surface area contributed by atoms with Crippen molar-refractivity contribution >= 4 is 11.6 Å². The van der Waals surface area contributed by atoms with Gasteiger partial charge in [0.2, 0.25) is 0 Å². The van der Waals surface area contributed by atoms with E-state index >= 15 is 0 Å². The molecule has 24 heavy (non-hydrogen) atoms. The second kappa shape index (κ2) is 5.93. The van der Waals surface area contributed by atoms with E-state index in [1.165, 1.54) is 0 Å². The largest absolute Gasteiger partial charge is 0.294 e. The third-order valence-corrected chi connectivity index (χ3v) is 4.64. The first-order valence-electron chi connectivity index (χ1n) is 7.90. The number of carbonyl (C=O) groups excluding carboxylic acids is 2. The van der Waals surface area contributed by atoms with Crippen molar-refractivity contribution in [2.75, 3.05) is 6.54 Å². The molecule has 1 fully saturated rings. The maximum Gasteiger partial charge on any atom is 0.178 e. The summed E-state index contributed by atoms with van der Waals surface area (Å²) in [5.41, 5.74) is 1.95. The molecule has 1 N–H and O–H groups in total. The first-order chi connectivity index (χ1) is 11.4. The summed E-state index contributed by atoms with van der Waals surface area (Å²) in [5.74, 6) is -0.497. The third kappa shape index (κ3) is 2.88. The fraction of sp³-hybridized carbons (Fsp3) is 0.444. The summed E-state index contributed by atoms with van der Waals surface area (Å²) in [6.45, 7) is 3.99. The van der Waals surface area contributed by atoms with Gasteiger partial charge in [0.05, 0.1) is 5.57 Å². The molecule has 2 heterocycles. The van der Waals surface area contributed by atoms with Crippen LogP contribution in [0.3, 0.4) is 0 Å². The van der Waals surface area contributed by atoms with Gasteiger partial charge in [0, 0.05) is 35.8 Å². The number of Topliss-reactive ketones (excluding diaryl/α,β-unsaturated/α-hetero) is 2. The highest BCUT2D eigenvalue weighted by molar-refractivity contribution is 6.04. The fourth-order valence-corrected chi connectivity index (χ4v) is 3.60. The first kappa shape index (κ1) is 16.5. The van der Waals surface area contributed by atoms with Crippen LogP contribution in [0.2, 0.25) is 0 Å². The molecule has 0 bridgehead atoms. The van der Waals surface area contributed by atoms with E-state index in [-0.39, 0.29) is 23.1 Å². The summed E-state index contributed by atoms with van der Waals surface area (Å²) < 4.78 is 0. The molecule has 1 aromatic rings. The van der Waals surface area contributed by atoms with Crippen molar-refractivity contribution in [3.05, 3.63) is 41.7 Å². The Kier molecular flexibility index (Phi) is 4.08. The molecule has 0 radical (unpaired) electrons. The fourth-order valence-electron chi connectivity index (χ4n) is 3.60. The van der Waals surface area contributed by atoms with E-state index in [0.717, 1.165) is 0 Å². The Balaban J connectivity index is 1.90. The maximum absolute atomic E-state index is 12.7. The van der Waals surface area contributed by atoms with Gasteiger partial charge in [0.1, 0.15) is 11.7 Å². The first-order valence-corrected chi connectivity index (χ1v) is 7.90. The van der Waals surface area contributed by atoms with Gasteiger partial charge in [-0.25, -0.2) is 5.48 Å². The highest BCUT2D eigenvalue weighted by Gasteiger charge is 2.49. The van der Waals surface area contributed by atoms with Crippen molar-refractivity contribution < 1.29 is 14.4 Å². The summed E-state index contributed by atoms with van der Waals surface area (Å²) in [4.78, 5) is 34.7. The van der Waals surface area contributed by atoms with Crippen LogP contribution in [-0.4, -0.2) is 28.7 Å². The normalized spacial score (nSPS) is 29.0. The van der Waals surface area contributed by atoms with Gasteiger partial charge in [-0.15, -0.1) is 0 Å². The number of ketones is 2. The number of hydrogen-bond donors (Lipinski definition) is 1. The molecule has 2 aliphatic rings. The van der Waals surface area contributed by atoms with Gasteiger partial charge in [0.25, 0.3) is 0 Å². The average molecular weight is 325 g/mol. The summed E-state index contributed by atoms with van der Waals surface area (Å²) in [7, 11) is 0. The molecular weight excluding hydrogens is 306 g/mol. The highest BCUT2D eigenvalue weighted by atomic mass is 16.7. The minimum atomic E-state index is -0.830. The molecule has 6 heteroatoms. The SMILES string of the molecule is CC1(C)CC2(C=C(C#N)C1=O)CC(C(=O)c1cccnc1)CNO2. The van der Waals surface area contributed by atoms with Gasteiger partial charge in [0.15, 0.2) is 11.6 Å². The Hall–Kier alpha value is -2.36. The van der Waals surface area contributed by atoms with E-state index in [1.807, 2.05) is 6.07 Å². The van der Waals surface area contributed by atoms with Gasteiger partial charge >= 0.3 is 0 Å². The van der Waals surface area contributed by atoms with Crippen molar-refractivity contribution in [2.24, 2.45) is 11.3 Å². The van der Waals surface area contributed by atoms with E-state index in [1.54, 1.807) is 44.4 Å². The zero-order valence-corrected chi connectivity index (χ0v) is 13.7. The average Bonchev–Trinajstić information content (AvgIpc) is 2.58. The summed E-state index contributed by atoms with van der Waals surface area (Å²) in [6.07, 6.45) is 5.60. The van der Waals surface area contributed by atoms with Crippen LogP contribution in [-0.2, 0) is 9.63 Å². The summed E-state index contributed by atoms with van der Waals surface area (Å²) >= 11 is 0.